The zero-order chi connectivity index (χ0) is 18.9. The van der Waals surface area contributed by atoms with Crippen LogP contribution in [0.15, 0.2) is 29.3 Å². The Hall–Kier alpha value is -1.58. The van der Waals surface area contributed by atoms with Crippen molar-refractivity contribution in [1.82, 2.24) is 15.5 Å². The highest BCUT2D eigenvalue weighted by Gasteiger charge is 2.19. The van der Waals surface area contributed by atoms with Gasteiger partial charge in [0.25, 0.3) is 0 Å². The summed E-state index contributed by atoms with van der Waals surface area (Å²) < 4.78 is 18.4. The van der Waals surface area contributed by atoms with Crippen LogP contribution >= 0.6 is 24.0 Å². The second-order valence-electron chi connectivity index (χ2n) is 6.71. The summed E-state index contributed by atoms with van der Waals surface area (Å²) in [5, 5.41) is 6.29. The van der Waals surface area contributed by atoms with Gasteiger partial charge in [-0.25, -0.2) is 9.18 Å². The van der Waals surface area contributed by atoms with Gasteiger partial charge >= 0.3 is 6.09 Å². The van der Waals surface area contributed by atoms with Gasteiger partial charge in [-0.1, -0.05) is 12.1 Å². The molecule has 0 spiro atoms. The van der Waals surface area contributed by atoms with Crippen molar-refractivity contribution in [3.05, 3.63) is 35.6 Å². The fourth-order valence-corrected chi connectivity index (χ4v) is 2.01. The Morgan fingerprint density at radius 3 is 2.50 bits per heavy atom. The number of aliphatic imine (C=N–C) groups is 1. The van der Waals surface area contributed by atoms with Crippen molar-refractivity contribution < 1.29 is 13.9 Å². The number of carbonyl (C=O) groups is 1. The topological polar surface area (TPSA) is 66.0 Å². The van der Waals surface area contributed by atoms with Crippen molar-refractivity contribution in [2.24, 2.45) is 4.99 Å². The highest BCUT2D eigenvalue weighted by atomic mass is 127. The van der Waals surface area contributed by atoms with Crippen molar-refractivity contribution >= 4 is 36.0 Å². The predicted molar refractivity (Wildman–Crippen MR) is 114 cm³/mol. The second-order valence-corrected chi connectivity index (χ2v) is 6.71. The number of ether oxygens (including phenoxy) is 1. The maximum Gasteiger partial charge on any atom is 0.410 e. The van der Waals surface area contributed by atoms with E-state index in [9.17, 15) is 9.18 Å². The molecule has 1 rings (SSSR count). The van der Waals surface area contributed by atoms with Gasteiger partial charge in [-0.05, 0) is 44.9 Å². The Labute approximate surface area is 172 Å². The molecule has 0 fully saturated rings. The molecule has 2 N–H and O–H groups in total. The summed E-state index contributed by atoms with van der Waals surface area (Å²) >= 11 is 0. The van der Waals surface area contributed by atoms with Crippen LogP contribution < -0.4 is 10.6 Å². The summed E-state index contributed by atoms with van der Waals surface area (Å²) in [7, 11) is 3.37. The summed E-state index contributed by atoms with van der Waals surface area (Å²) in [6.45, 7) is 7.16. The van der Waals surface area contributed by atoms with Gasteiger partial charge < -0.3 is 20.3 Å². The lowest BCUT2D eigenvalue weighted by Gasteiger charge is -2.24. The molecule has 0 unspecified atom stereocenters. The minimum Gasteiger partial charge on any atom is -0.444 e. The van der Waals surface area contributed by atoms with Gasteiger partial charge in [0, 0.05) is 33.7 Å². The van der Waals surface area contributed by atoms with Gasteiger partial charge in [0.2, 0.25) is 0 Å². The molecule has 148 valence electrons. The largest absolute Gasteiger partial charge is 0.444 e. The van der Waals surface area contributed by atoms with Crippen molar-refractivity contribution in [1.29, 1.82) is 0 Å². The number of amides is 1. The average molecular weight is 480 g/mol. The molecular weight excluding hydrogens is 450 g/mol. The third-order valence-corrected chi connectivity index (χ3v) is 3.26. The Kier molecular flexibility index (Phi) is 11.2. The molecular formula is C18H30FIN4O2. The second kappa shape index (κ2) is 11.9. The van der Waals surface area contributed by atoms with Crippen LogP contribution in [0.4, 0.5) is 9.18 Å². The molecule has 0 saturated heterocycles. The molecule has 0 bridgehead atoms. The smallest absolute Gasteiger partial charge is 0.410 e. The molecule has 0 atom stereocenters. The summed E-state index contributed by atoms with van der Waals surface area (Å²) in [4.78, 5) is 17.5. The summed E-state index contributed by atoms with van der Waals surface area (Å²) in [5.41, 5.74) is 0.417. The first-order chi connectivity index (χ1) is 11.7. The van der Waals surface area contributed by atoms with Crippen LogP contribution in [0.2, 0.25) is 0 Å². The third kappa shape index (κ3) is 10.4. The molecule has 1 aromatic rings. The summed E-state index contributed by atoms with van der Waals surface area (Å²) in [5.74, 6) is 0.402. The van der Waals surface area contributed by atoms with Crippen LogP contribution in [0.3, 0.4) is 0 Å². The van der Waals surface area contributed by atoms with E-state index in [-0.39, 0.29) is 35.9 Å². The lowest BCUT2D eigenvalue weighted by atomic mass is 10.1. The fraction of sp³-hybridized carbons (Fsp3) is 0.556. The SMILES string of the molecule is CN=C(NCCc1cccc(F)c1)NCCN(C)C(=O)OC(C)(C)C.I. The van der Waals surface area contributed by atoms with E-state index in [1.165, 1.54) is 17.0 Å². The van der Waals surface area contributed by atoms with Crippen molar-refractivity contribution in [3.63, 3.8) is 0 Å². The molecule has 0 saturated carbocycles. The minimum absolute atomic E-state index is 0. The van der Waals surface area contributed by atoms with E-state index in [4.69, 9.17) is 4.74 Å². The van der Waals surface area contributed by atoms with Gasteiger partial charge in [0.15, 0.2) is 5.96 Å². The summed E-state index contributed by atoms with van der Waals surface area (Å²) in [6.07, 6.45) is 0.333. The van der Waals surface area contributed by atoms with Crippen LogP contribution in [0.5, 0.6) is 0 Å². The standard InChI is InChI=1S/C18H29FN4O2.HI/c1-18(2,3)25-17(24)23(5)12-11-22-16(20-4)21-10-9-14-7-6-8-15(19)13-14;/h6-8,13H,9-12H2,1-5H3,(H2,20,21,22);1H. The monoisotopic (exact) mass is 480 g/mol. The number of rotatable bonds is 6. The van der Waals surface area contributed by atoms with Crippen LogP contribution in [-0.2, 0) is 11.2 Å². The van der Waals surface area contributed by atoms with Crippen LogP contribution in [-0.4, -0.2) is 56.3 Å². The molecule has 1 amide bonds. The quantitative estimate of drug-likeness (QED) is 0.374. The molecule has 6 nitrogen and oxygen atoms in total. The number of hydrogen-bond acceptors (Lipinski definition) is 3. The van der Waals surface area contributed by atoms with E-state index in [0.29, 0.717) is 32.0 Å². The van der Waals surface area contributed by atoms with E-state index in [2.05, 4.69) is 15.6 Å². The Morgan fingerprint density at radius 1 is 1.27 bits per heavy atom. The number of benzene rings is 1. The van der Waals surface area contributed by atoms with Crippen LogP contribution in [0.25, 0.3) is 0 Å². The number of guanidine groups is 1. The minimum atomic E-state index is -0.507. The molecule has 0 aliphatic heterocycles. The highest BCUT2D eigenvalue weighted by molar-refractivity contribution is 14.0. The van der Waals surface area contributed by atoms with Crippen LogP contribution in [0, 0.1) is 5.82 Å². The summed E-state index contributed by atoms with van der Waals surface area (Å²) in [6, 6.07) is 6.53. The van der Waals surface area contributed by atoms with Crippen molar-refractivity contribution in [2.45, 2.75) is 32.8 Å². The fourth-order valence-electron chi connectivity index (χ4n) is 2.01. The molecule has 0 aliphatic carbocycles. The number of hydrogen-bond donors (Lipinski definition) is 2. The average Bonchev–Trinajstić information content (AvgIpc) is 2.51. The van der Waals surface area contributed by atoms with Gasteiger partial charge in [-0.15, -0.1) is 24.0 Å². The maximum absolute atomic E-state index is 13.1. The van der Waals surface area contributed by atoms with E-state index in [1.54, 1.807) is 20.2 Å². The number of carbonyl (C=O) groups excluding carboxylic acids is 1. The first-order valence-corrected chi connectivity index (χ1v) is 8.34. The Morgan fingerprint density at radius 2 is 1.92 bits per heavy atom. The predicted octanol–water partition coefficient (Wildman–Crippen LogP) is 3.02. The lowest BCUT2D eigenvalue weighted by Crippen LogP contribution is -2.43. The molecule has 0 radical (unpaired) electrons. The number of nitrogens with zero attached hydrogens (tertiary/aromatic N) is 2. The van der Waals surface area contributed by atoms with Crippen molar-refractivity contribution in [3.8, 4) is 0 Å². The van der Waals surface area contributed by atoms with E-state index in [1.807, 2.05) is 26.8 Å². The lowest BCUT2D eigenvalue weighted by molar-refractivity contribution is 0.0302. The number of halogens is 2. The zero-order valence-electron chi connectivity index (χ0n) is 16.1. The van der Waals surface area contributed by atoms with Gasteiger partial charge in [0.1, 0.15) is 11.4 Å². The Bertz CT molecular complexity index is 591. The van der Waals surface area contributed by atoms with E-state index >= 15 is 0 Å². The molecule has 26 heavy (non-hydrogen) atoms. The van der Waals surface area contributed by atoms with Crippen molar-refractivity contribution in [2.75, 3.05) is 33.7 Å². The third-order valence-electron chi connectivity index (χ3n) is 3.26. The first-order valence-electron chi connectivity index (χ1n) is 8.34. The zero-order valence-corrected chi connectivity index (χ0v) is 18.5. The number of likely N-dealkylation sites (N-methyl/N-ethyl adjacent to an activating group) is 1. The molecule has 8 heteroatoms. The van der Waals surface area contributed by atoms with E-state index in [0.717, 1.165) is 5.56 Å². The van der Waals surface area contributed by atoms with Gasteiger partial charge in [-0.2, -0.15) is 0 Å². The normalized spacial score (nSPS) is 11.4. The van der Waals surface area contributed by atoms with E-state index < -0.39 is 5.60 Å². The molecule has 1 aromatic carbocycles. The van der Waals surface area contributed by atoms with Gasteiger partial charge in [0.05, 0.1) is 0 Å². The molecule has 0 heterocycles. The molecule has 0 aliphatic rings. The maximum atomic E-state index is 13.1. The number of nitrogens with one attached hydrogen (secondary N) is 2. The first kappa shape index (κ1) is 24.4. The van der Waals surface area contributed by atoms with Crippen LogP contribution in [0.1, 0.15) is 26.3 Å². The van der Waals surface area contributed by atoms with Gasteiger partial charge in [-0.3, -0.25) is 4.99 Å². The highest BCUT2D eigenvalue weighted by Crippen LogP contribution is 2.08. The Balaban J connectivity index is 0.00000625. The molecule has 0 aromatic heterocycles.